The van der Waals surface area contributed by atoms with Gasteiger partial charge in [0.15, 0.2) is 11.0 Å². The van der Waals surface area contributed by atoms with Crippen LogP contribution < -0.4 is 14.9 Å². The Labute approximate surface area is 243 Å². The smallest absolute Gasteiger partial charge is 0.250 e. The minimum absolute atomic E-state index is 0.113. The molecule has 41 heavy (non-hydrogen) atoms. The zero-order chi connectivity index (χ0) is 28.3. The molecule has 0 unspecified atom stereocenters. The van der Waals surface area contributed by atoms with E-state index in [4.69, 9.17) is 9.47 Å². The number of hydrogen-bond acceptors (Lipinski definition) is 7. The molecule has 0 radical (unpaired) electrons. The van der Waals surface area contributed by atoms with Gasteiger partial charge in [-0.2, -0.15) is 5.10 Å². The van der Waals surface area contributed by atoms with Gasteiger partial charge < -0.3 is 9.47 Å². The minimum atomic E-state index is -0.259. The maximum atomic E-state index is 12.6. The molecular weight excluding hydrogens is 534 g/mol. The first-order valence-electron chi connectivity index (χ1n) is 13.1. The summed E-state index contributed by atoms with van der Waals surface area (Å²) in [6.07, 6.45) is 1.59. The molecule has 0 atom stereocenters. The van der Waals surface area contributed by atoms with Gasteiger partial charge >= 0.3 is 0 Å². The van der Waals surface area contributed by atoms with Gasteiger partial charge in [0.05, 0.1) is 18.6 Å². The molecule has 5 aromatic rings. The number of carbonyl (C=O) groups is 1. The monoisotopic (exact) mass is 563 g/mol. The van der Waals surface area contributed by atoms with Crippen LogP contribution in [0, 0.1) is 0 Å². The van der Waals surface area contributed by atoms with Crippen molar-refractivity contribution in [3.8, 4) is 28.6 Å². The normalized spacial score (nSPS) is 11.0. The molecule has 1 aromatic heterocycles. The summed E-state index contributed by atoms with van der Waals surface area (Å²) in [5, 5.41) is 13.5. The van der Waals surface area contributed by atoms with E-state index >= 15 is 0 Å². The Morgan fingerprint density at radius 3 is 2.39 bits per heavy atom. The number of amides is 1. The highest BCUT2D eigenvalue weighted by atomic mass is 32.2. The highest BCUT2D eigenvalue weighted by Gasteiger charge is 2.17. The van der Waals surface area contributed by atoms with Gasteiger partial charge in [0.2, 0.25) is 0 Å². The third-order valence-electron chi connectivity index (χ3n) is 5.91. The summed E-state index contributed by atoms with van der Waals surface area (Å²) in [5.74, 6) is 2.05. The largest absolute Gasteiger partial charge is 0.494 e. The Balaban J connectivity index is 1.22. The maximum Gasteiger partial charge on any atom is 0.250 e. The van der Waals surface area contributed by atoms with E-state index in [9.17, 15) is 4.79 Å². The predicted molar refractivity (Wildman–Crippen MR) is 162 cm³/mol. The number of nitrogens with one attached hydrogen (secondary N) is 1. The lowest BCUT2D eigenvalue weighted by molar-refractivity contribution is -0.118. The van der Waals surface area contributed by atoms with Crippen LogP contribution in [-0.2, 0) is 11.4 Å². The van der Waals surface area contributed by atoms with E-state index < -0.39 is 0 Å². The van der Waals surface area contributed by atoms with Crippen molar-refractivity contribution in [2.75, 3.05) is 12.4 Å². The molecule has 9 heteroatoms. The predicted octanol–water partition coefficient (Wildman–Crippen LogP) is 6.15. The molecular formula is C32H29N5O3S. The van der Waals surface area contributed by atoms with Crippen LogP contribution in [0.2, 0.25) is 0 Å². The summed E-state index contributed by atoms with van der Waals surface area (Å²) >= 11 is 1.29. The van der Waals surface area contributed by atoms with Crippen molar-refractivity contribution < 1.29 is 14.3 Å². The Morgan fingerprint density at radius 1 is 0.878 bits per heavy atom. The van der Waals surface area contributed by atoms with Crippen LogP contribution in [0.3, 0.4) is 0 Å². The first-order chi connectivity index (χ1) is 20.2. The summed E-state index contributed by atoms with van der Waals surface area (Å²) in [7, 11) is 0. The summed E-state index contributed by atoms with van der Waals surface area (Å²) in [6, 6.07) is 35.0. The number of hydrazone groups is 1. The number of nitrogens with zero attached hydrogens (tertiary/aromatic N) is 4. The summed E-state index contributed by atoms with van der Waals surface area (Å²) < 4.78 is 13.4. The highest BCUT2D eigenvalue weighted by molar-refractivity contribution is 7.99. The van der Waals surface area contributed by atoms with E-state index in [1.807, 2.05) is 121 Å². The SMILES string of the molecule is CCOc1ccc(-n2c(SCC(=O)N/N=C\c3cccc(OCc4ccccc4)c3)nnc2-c2ccccc2)cc1. The lowest BCUT2D eigenvalue weighted by Crippen LogP contribution is -2.20. The van der Waals surface area contributed by atoms with Crippen LogP contribution in [0.5, 0.6) is 11.5 Å². The van der Waals surface area contributed by atoms with Gasteiger partial charge in [0, 0.05) is 11.3 Å². The van der Waals surface area contributed by atoms with Gasteiger partial charge in [-0.15, -0.1) is 10.2 Å². The van der Waals surface area contributed by atoms with E-state index in [-0.39, 0.29) is 11.7 Å². The number of rotatable bonds is 12. The van der Waals surface area contributed by atoms with Crippen molar-refractivity contribution in [3.05, 3.63) is 120 Å². The van der Waals surface area contributed by atoms with Gasteiger partial charge in [-0.05, 0) is 54.4 Å². The number of ether oxygens (including phenoxy) is 2. The van der Waals surface area contributed by atoms with Crippen LogP contribution in [0.1, 0.15) is 18.1 Å². The molecule has 0 aliphatic rings. The van der Waals surface area contributed by atoms with Gasteiger partial charge in [0.1, 0.15) is 18.1 Å². The Hall–Kier alpha value is -4.89. The average molecular weight is 564 g/mol. The molecule has 1 N–H and O–H groups in total. The molecule has 0 saturated heterocycles. The standard InChI is InChI=1S/C32H29N5O3S/c1-2-39-28-18-16-27(17-19-28)37-31(26-13-7-4-8-14-26)35-36-32(37)41-23-30(38)34-33-21-25-12-9-15-29(20-25)40-22-24-10-5-3-6-11-24/h3-21H,2,22-23H2,1H3,(H,34,38)/b33-21-. The second-order valence-corrected chi connectivity index (χ2v) is 9.81. The quantitative estimate of drug-likeness (QED) is 0.111. The Morgan fingerprint density at radius 2 is 1.63 bits per heavy atom. The number of benzene rings is 4. The Bertz CT molecular complexity index is 1590. The average Bonchev–Trinajstić information content (AvgIpc) is 3.45. The van der Waals surface area contributed by atoms with Crippen LogP contribution in [0.25, 0.3) is 17.1 Å². The first kappa shape index (κ1) is 27.7. The van der Waals surface area contributed by atoms with Gasteiger partial charge in [0.25, 0.3) is 5.91 Å². The summed E-state index contributed by atoms with van der Waals surface area (Å²) in [4.78, 5) is 12.6. The summed E-state index contributed by atoms with van der Waals surface area (Å²) in [5.41, 5.74) is 6.28. The fourth-order valence-electron chi connectivity index (χ4n) is 4.00. The second-order valence-electron chi connectivity index (χ2n) is 8.86. The molecule has 0 saturated carbocycles. The van der Waals surface area contributed by atoms with Gasteiger partial charge in [-0.3, -0.25) is 9.36 Å². The molecule has 4 aromatic carbocycles. The lowest BCUT2D eigenvalue weighted by Gasteiger charge is -2.11. The van der Waals surface area contributed by atoms with Crippen LogP contribution in [0.4, 0.5) is 0 Å². The molecule has 0 fully saturated rings. The van der Waals surface area contributed by atoms with E-state index in [0.29, 0.717) is 24.2 Å². The van der Waals surface area contributed by atoms with Crippen LogP contribution >= 0.6 is 11.8 Å². The molecule has 8 nitrogen and oxygen atoms in total. The van der Waals surface area contributed by atoms with E-state index in [2.05, 4.69) is 20.7 Å². The van der Waals surface area contributed by atoms with Crippen molar-refractivity contribution in [2.24, 2.45) is 5.10 Å². The molecule has 1 heterocycles. The minimum Gasteiger partial charge on any atom is -0.494 e. The fourth-order valence-corrected chi connectivity index (χ4v) is 4.74. The van der Waals surface area contributed by atoms with E-state index in [1.165, 1.54) is 11.8 Å². The molecule has 0 spiro atoms. The number of aromatic nitrogens is 3. The highest BCUT2D eigenvalue weighted by Crippen LogP contribution is 2.29. The molecule has 0 aliphatic carbocycles. The molecule has 0 aliphatic heterocycles. The third-order valence-corrected chi connectivity index (χ3v) is 6.84. The van der Waals surface area contributed by atoms with Crippen LogP contribution in [-0.4, -0.2) is 39.2 Å². The van der Waals surface area contributed by atoms with Crippen molar-refractivity contribution >= 4 is 23.9 Å². The maximum absolute atomic E-state index is 12.6. The zero-order valence-electron chi connectivity index (χ0n) is 22.5. The van der Waals surface area contributed by atoms with Crippen molar-refractivity contribution in [1.82, 2.24) is 20.2 Å². The molecule has 0 bridgehead atoms. The third kappa shape index (κ3) is 7.61. The first-order valence-corrected chi connectivity index (χ1v) is 14.1. The second kappa shape index (κ2) is 14.0. The number of carbonyl (C=O) groups excluding carboxylic acids is 1. The topological polar surface area (TPSA) is 90.6 Å². The van der Waals surface area contributed by atoms with E-state index in [1.54, 1.807) is 6.21 Å². The van der Waals surface area contributed by atoms with Crippen molar-refractivity contribution in [3.63, 3.8) is 0 Å². The fraction of sp³-hybridized carbons (Fsp3) is 0.125. The van der Waals surface area contributed by atoms with Crippen LogP contribution in [0.15, 0.2) is 119 Å². The summed E-state index contributed by atoms with van der Waals surface area (Å²) in [6.45, 7) is 3.01. The van der Waals surface area contributed by atoms with E-state index in [0.717, 1.165) is 33.9 Å². The number of thioether (sulfide) groups is 1. The van der Waals surface area contributed by atoms with Gasteiger partial charge in [-0.25, -0.2) is 5.43 Å². The van der Waals surface area contributed by atoms with Crippen molar-refractivity contribution in [1.29, 1.82) is 0 Å². The number of hydrogen-bond donors (Lipinski definition) is 1. The molecule has 1 amide bonds. The van der Waals surface area contributed by atoms with Gasteiger partial charge in [-0.1, -0.05) is 84.6 Å². The molecule has 206 valence electrons. The lowest BCUT2D eigenvalue weighted by atomic mass is 10.2. The van der Waals surface area contributed by atoms with Crippen molar-refractivity contribution in [2.45, 2.75) is 18.7 Å². The molecule has 5 rings (SSSR count). The Kier molecular flexibility index (Phi) is 9.42. The zero-order valence-corrected chi connectivity index (χ0v) is 23.3.